The normalized spacial score (nSPS) is 10.3. The fourth-order valence-electron chi connectivity index (χ4n) is 1.31. The van der Waals surface area contributed by atoms with Crippen LogP contribution < -0.4 is 4.74 Å². The van der Waals surface area contributed by atoms with Gasteiger partial charge in [-0.15, -0.1) is 0 Å². The molecule has 88 valence electrons. The summed E-state index contributed by atoms with van der Waals surface area (Å²) >= 11 is 3.31. The first-order valence-corrected chi connectivity index (χ1v) is 5.94. The Kier molecular flexibility index (Phi) is 3.74. The number of aryl methyl sites for hydroxylation is 1. The highest BCUT2D eigenvalue weighted by molar-refractivity contribution is 9.10. The summed E-state index contributed by atoms with van der Waals surface area (Å²) in [5.74, 6) is 0.254. The Morgan fingerprint density at radius 1 is 1.29 bits per heavy atom. The van der Waals surface area contributed by atoms with Crippen molar-refractivity contribution in [2.24, 2.45) is 0 Å². The van der Waals surface area contributed by atoms with Crippen molar-refractivity contribution < 1.29 is 9.13 Å². The van der Waals surface area contributed by atoms with Gasteiger partial charge in [0.05, 0.1) is 5.69 Å². The van der Waals surface area contributed by atoms with E-state index in [0.717, 1.165) is 10.2 Å². The highest BCUT2D eigenvalue weighted by Crippen LogP contribution is 2.17. The van der Waals surface area contributed by atoms with Gasteiger partial charge in [-0.05, 0) is 46.6 Å². The molecule has 0 amide bonds. The molecular formula is C13H11BrFNO. The van der Waals surface area contributed by atoms with Crippen molar-refractivity contribution in [1.29, 1.82) is 0 Å². The number of hydrogen-bond acceptors (Lipinski definition) is 2. The Morgan fingerprint density at radius 3 is 2.76 bits per heavy atom. The molecule has 1 aromatic heterocycles. The summed E-state index contributed by atoms with van der Waals surface area (Å²) in [6, 6.07) is 8.57. The maximum absolute atomic E-state index is 13.3. The maximum atomic E-state index is 13.3. The van der Waals surface area contributed by atoms with Crippen molar-refractivity contribution in [2.45, 2.75) is 13.5 Å². The van der Waals surface area contributed by atoms with Gasteiger partial charge in [0.15, 0.2) is 0 Å². The minimum atomic E-state index is -0.258. The van der Waals surface area contributed by atoms with Crippen LogP contribution in [-0.2, 0) is 6.61 Å². The zero-order valence-corrected chi connectivity index (χ0v) is 10.9. The van der Waals surface area contributed by atoms with Crippen molar-refractivity contribution in [3.63, 3.8) is 0 Å². The van der Waals surface area contributed by atoms with Gasteiger partial charge in [0.1, 0.15) is 18.2 Å². The number of ether oxygens (including phenoxy) is 1. The number of nitrogens with zero attached hydrogens (tertiary/aromatic N) is 1. The number of rotatable bonds is 3. The van der Waals surface area contributed by atoms with Crippen LogP contribution in [0.3, 0.4) is 0 Å². The Hall–Kier alpha value is -1.42. The molecule has 0 fully saturated rings. The van der Waals surface area contributed by atoms with Crippen LogP contribution in [0.4, 0.5) is 4.39 Å². The summed E-state index contributed by atoms with van der Waals surface area (Å²) < 4.78 is 19.6. The van der Waals surface area contributed by atoms with Crippen molar-refractivity contribution in [3.8, 4) is 5.75 Å². The average molecular weight is 296 g/mol. The Labute approximate surface area is 108 Å². The van der Waals surface area contributed by atoms with Gasteiger partial charge in [-0.2, -0.15) is 0 Å². The Balaban J connectivity index is 2.02. The molecule has 0 atom stereocenters. The molecule has 17 heavy (non-hydrogen) atoms. The summed E-state index contributed by atoms with van der Waals surface area (Å²) in [5.41, 5.74) is 1.41. The van der Waals surface area contributed by atoms with E-state index in [1.807, 2.05) is 12.1 Å². The standard InChI is InChI=1S/C13H11BrFNO/c1-9-2-5-12(6-13(9)15)17-8-11-4-3-10(14)7-16-11/h2-7H,8H2,1H3. The number of halogens is 2. The molecule has 1 heterocycles. The quantitative estimate of drug-likeness (QED) is 0.857. The van der Waals surface area contributed by atoms with Gasteiger partial charge >= 0.3 is 0 Å². The number of aromatic nitrogens is 1. The summed E-state index contributed by atoms with van der Waals surface area (Å²) in [6.07, 6.45) is 1.70. The van der Waals surface area contributed by atoms with Crippen molar-refractivity contribution >= 4 is 15.9 Å². The number of hydrogen-bond donors (Lipinski definition) is 0. The van der Waals surface area contributed by atoms with Crippen LogP contribution in [0.2, 0.25) is 0 Å². The average Bonchev–Trinajstić information content (AvgIpc) is 2.33. The molecule has 0 saturated heterocycles. The van der Waals surface area contributed by atoms with E-state index in [4.69, 9.17) is 4.74 Å². The van der Waals surface area contributed by atoms with Crippen molar-refractivity contribution in [3.05, 3.63) is 58.1 Å². The van der Waals surface area contributed by atoms with E-state index < -0.39 is 0 Å². The van der Waals surface area contributed by atoms with Crippen LogP contribution in [0.1, 0.15) is 11.3 Å². The van der Waals surface area contributed by atoms with Gasteiger partial charge in [-0.25, -0.2) is 4.39 Å². The molecular weight excluding hydrogens is 285 g/mol. The largest absolute Gasteiger partial charge is 0.487 e. The lowest BCUT2D eigenvalue weighted by Gasteiger charge is -2.06. The fraction of sp³-hybridized carbons (Fsp3) is 0.154. The molecule has 2 nitrogen and oxygen atoms in total. The van der Waals surface area contributed by atoms with Crippen LogP contribution in [0.25, 0.3) is 0 Å². The zero-order valence-electron chi connectivity index (χ0n) is 9.28. The van der Waals surface area contributed by atoms with Gasteiger partial charge in [0, 0.05) is 16.7 Å². The van der Waals surface area contributed by atoms with E-state index in [9.17, 15) is 4.39 Å². The summed E-state index contributed by atoms with van der Waals surface area (Å²) in [6.45, 7) is 2.05. The Morgan fingerprint density at radius 2 is 2.12 bits per heavy atom. The van der Waals surface area contributed by atoms with Crippen LogP contribution in [0, 0.1) is 12.7 Å². The maximum Gasteiger partial charge on any atom is 0.130 e. The SMILES string of the molecule is Cc1ccc(OCc2ccc(Br)cn2)cc1F. The predicted molar refractivity (Wildman–Crippen MR) is 67.4 cm³/mol. The molecule has 0 radical (unpaired) electrons. The monoisotopic (exact) mass is 295 g/mol. The lowest BCUT2D eigenvalue weighted by Crippen LogP contribution is -1.98. The first kappa shape index (κ1) is 12.0. The highest BCUT2D eigenvalue weighted by Gasteiger charge is 2.01. The van der Waals surface area contributed by atoms with Gasteiger partial charge < -0.3 is 4.74 Å². The number of pyridine rings is 1. The topological polar surface area (TPSA) is 22.1 Å². The van der Waals surface area contributed by atoms with Gasteiger partial charge in [0.25, 0.3) is 0 Å². The van der Waals surface area contributed by atoms with Crippen LogP contribution >= 0.6 is 15.9 Å². The minimum absolute atomic E-state index is 0.258. The van der Waals surface area contributed by atoms with Gasteiger partial charge in [0.2, 0.25) is 0 Å². The lowest BCUT2D eigenvalue weighted by molar-refractivity contribution is 0.299. The molecule has 0 spiro atoms. The van der Waals surface area contributed by atoms with Crippen LogP contribution in [-0.4, -0.2) is 4.98 Å². The van der Waals surface area contributed by atoms with Crippen molar-refractivity contribution in [2.75, 3.05) is 0 Å². The van der Waals surface area contributed by atoms with E-state index in [2.05, 4.69) is 20.9 Å². The molecule has 0 unspecified atom stereocenters. The third-order valence-electron chi connectivity index (χ3n) is 2.32. The fourth-order valence-corrected chi connectivity index (χ4v) is 1.55. The molecule has 4 heteroatoms. The molecule has 0 aliphatic rings. The third kappa shape index (κ3) is 3.27. The summed E-state index contributed by atoms with van der Waals surface area (Å²) in [5, 5.41) is 0. The predicted octanol–water partition coefficient (Wildman–Crippen LogP) is 3.87. The van der Waals surface area contributed by atoms with Gasteiger partial charge in [-0.3, -0.25) is 4.98 Å². The molecule has 0 N–H and O–H groups in total. The van der Waals surface area contributed by atoms with Gasteiger partial charge in [-0.1, -0.05) is 6.07 Å². The lowest BCUT2D eigenvalue weighted by atomic mass is 10.2. The summed E-state index contributed by atoms with van der Waals surface area (Å²) in [7, 11) is 0. The van der Waals surface area contributed by atoms with E-state index in [0.29, 0.717) is 17.9 Å². The second-order valence-electron chi connectivity index (χ2n) is 3.67. The highest BCUT2D eigenvalue weighted by atomic mass is 79.9. The second-order valence-corrected chi connectivity index (χ2v) is 4.58. The Bertz CT molecular complexity index is 513. The van der Waals surface area contributed by atoms with E-state index in [-0.39, 0.29) is 5.82 Å². The molecule has 0 aliphatic carbocycles. The smallest absolute Gasteiger partial charge is 0.130 e. The molecule has 0 aliphatic heterocycles. The molecule has 0 bridgehead atoms. The first-order valence-electron chi connectivity index (χ1n) is 5.14. The number of benzene rings is 1. The van der Waals surface area contributed by atoms with Crippen LogP contribution in [0.15, 0.2) is 41.0 Å². The molecule has 2 rings (SSSR count). The molecule has 1 aromatic carbocycles. The van der Waals surface area contributed by atoms with E-state index in [1.165, 1.54) is 6.07 Å². The molecule has 2 aromatic rings. The zero-order chi connectivity index (χ0) is 12.3. The first-order chi connectivity index (χ1) is 8.15. The van der Waals surface area contributed by atoms with Crippen molar-refractivity contribution in [1.82, 2.24) is 4.98 Å². The van der Waals surface area contributed by atoms with E-state index in [1.54, 1.807) is 25.3 Å². The third-order valence-corrected chi connectivity index (χ3v) is 2.79. The van der Waals surface area contributed by atoms with Crippen LogP contribution in [0.5, 0.6) is 5.75 Å². The summed E-state index contributed by atoms with van der Waals surface area (Å²) in [4.78, 5) is 4.17. The van der Waals surface area contributed by atoms with E-state index >= 15 is 0 Å². The second kappa shape index (κ2) is 5.27. The minimum Gasteiger partial charge on any atom is -0.487 e. The molecule has 0 saturated carbocycles.